The molecule has 0 spiro atoms. The zero-order valence-electron chi connectivity index (χ0n) is 21.0. The van der Waals surface area contributed by atoms with E-state index in [0.29, 0.717) is 29.2 Å². The smallest absolute Gasteiger partial charge is 0.254 e. The van der Waals surface area contributed by atoms with Crippen LogP contribution in [0.3, 0.4) is 0 Å². The van der Waals surface area contributed by atoms with Crippen LogP contribution in [-0.2, 0) is 4.79 Å². The van der Waals surface area contributed by atoms with Crippen molar-refractivity contribution in [1.82, 2.24) is 14.5 Å². The molecular weight excluding hydrogens is 471 g/mol. The lowest BCUT2D eigenvalue weighted by Crippen LogP contribution is -2.40. The van der Waals surface area contributed by atoms with Gasteiger partial charge in [-0.1, -0.05) is 44.2 Å². The highest BCUT2D eigenvalue weighted by Gasteiger charge is 2.22. The Kier molecular flexibility index (Phi) is 7.98. The van der Waals surface area contributed by atoms with Crippen LogP contribution in [0.15, 0.2) is 85.1 Å². The molecule has 0 saturated heterocycles. The van der Waals surface area contributed by atoms with E-state index in [0.717, 1.165) is 5.56 Å². The lowest BCUT2D eigenvalue weighted by Gasteiger charge is -2.24. The number of aromatic nitrogens is 2. The number of nitrogens with zero attached hydrogens (tertiary/aromatic N) is 3. The summed E-state index contributed by atoms with van der Waals surface area (Å²) >= 11 is 0. The first kappa shape index (κ1) is 25.6. The van der Waals surface area contributed by atoms with Gasteiger partial charge >= 0.3 is 0 Å². The molecule has 0 radical (unpaired) electrons. The summed E-state index contributed by atoms with van der Waals surface area (Å²) in [7, 11) is 1.56. The van der Waals surface area contributed by atoms with Crippen molar-refractivity contribution in [2.45, 2.75) is 13.8 Å². The number of methoxy groups -OCH3 is 1. The summed E-state index contributed by atoms with van der Waals surface area (Å²) in [6.07, 6.45) is 1.78. The average molecular weight is 501 g/mol. The van der Waals surface area contributed by atoms with Gasteiger partial charge in [0.2, 0.25) is 11.9 Å². The van der Waals surface area contributed by atoms with Crippen LogP contribution >= 0.6 is 0 Å². The van der Waals surface area contributed by atoms with Crippen LogP contribution < -0.4 is 10.1 Å². The van der Waals surface area contributed by atoms with Crippen LogP contribution in [0.5, 0.6) is 5.75 Å². The van der Waals surface area contributed by atoms with Gasteiger partial charge in [0.1, 0.15) is 18.1 Å². The van der Waals surface area contributed by atoms with Gasteiger partial charge < -0.3 is 9.64 Å². The van der Waals surface area contributed by atoms with Gasteiger partial charge in [0.25, 0.3) is 5.91 Å². The Morgan fingerprint density at radius 2 is 1.68 bits per heavy atom. The van der Waals surface area contributed by atoms with Crippen molar-refractivity contribution in [3.63, 3.8) is 0 Å². The maximum atomic E-state index is 13.5. The molecule has 3 aromatic carbocycles. The molecule has 0 atom stereocenters. The number of ether oxygens (including phenoxy) is 1. The zero-order valence-corrected chi connectivity index (χ0v) is 21.0. The van der Waals surface area contributed by atoms with E-state index >= 15 is 0 Å². The number of anilines is 1. The minimum atomic E-state index is -0.393. The summed E-state index contributed by atoms with van der Waals surface area (Å²) < 4.78 is 20.4. The number of imidazole rings is 1. The molecule has 0 aliphatic heterocycles. The van der Waals surface area contributed by atoms with Gasteiger partial charge in [-0.05, 0) is 54.4 Å². The first-order chi connectivity index (χ1) is 17.8. The number of rotatable bonds is 9. The molecule has 7 nitrogen and oxygen atoms in total. The normalized spacial score (nSPS) is 10.8. The number of benzene rings is 3. The quantitative estimate of drug-likeness (QED) is 0.333. The SMILES string of the molecule is COc1ccc(C(=O)N(CC(=O)Nc2nc(-c3ccccc3)cn2-c2ccc(F)cc2)CC(C)C)cc1. The lowest BCUT2D eigenvalue weighted by atomic mass is 10.1. The third kappa shape index (κ3) is 6.41. The van der Waals surface area contributed by atoms with Gasteiger partial charge in [-0.3, -0.25) is 19.5 Å². The summed E-state index contributed by atoms with van der Waals surface area (Å²) in [6.45, 7) is 4.22. The number of hydrogen-bond acceptors (Lipinski definition) is 4. The van der Waals surface area contributed by atoms with Crippen molar-refractivity contribution >= 4 is 17.8 Å². The molecule has 0 fully saturated rings. The van der Waals surface area contributed by atoms with Gasteiger partial charge in [0, 0.05) is 29.6 Å². The maximum Gasteiger partial charge on any atom is 0.254 e. The summed E-state index contributed by atoms with van der Waals surface area (Å²) in [5, 5.41) is 2.85. The third-order valence-electron chi connectivity index (χ3n) is 5.68. The largest absolute Gasteiger partial charge is 0.497 e. The van der Waals surface area contributed by atoms with Gasteiger partial charge in [-0.2, -0.15) is 0 Å². The molecule has 1 heterocycles. The molecule has 37 heavy (non-hydrogen) atoms. The van der Waals surface area contributed by atoms with Crippen LogP contribution in [-0.4, -0.2) is 46.5 Å². The summed E-state index contributed by atoms with van der Waals surface area (Å²) in [6, 6.07) is 22.3. The number of carbonyl (C=O) groups excluding carboxylic acids is 2. The van der Waals surface area contributed by atoms with Gasteiger partial charge in [0.15, 0.2) is 0 Å². The van der Waals surface area contributed by atoms with Crippen molar-refractivity contribution in [3.8, 4) is 22.7 Å². The molecular formula is C29H29FN4O3. The molecule has 1 N–H and O–H groups in total. The van der Waals surface area contributed by atoms with E-state index in [1.54, 1.807) is 54.3 Å². The highest BCUT2D eigenvalue weighted by Crippen LogP contribution is 2.24. The number of nitrogens with one attached hydrogen (secondary N) is 1. The Balaban J connectivity index is 1.59. The van der Waals surface area contributed by atoms with Gasteiger partial charge in [-0.15, -0.1) is 0 Å². The van der Waals surface area contributed by atoms with E-state index < -0.39 is 5.91 Å². The fourth-order valence-corrected chi connectivity index (χ4v) is 3.93. The average Bonchev–Trinajstić information content (AvgIpc) is 3.32. The molecule has 0 unspecified atom stereocenters. The van der Waals surface area contributed by atoms with Crippen molar-refractivity contribution in [2.75, 3.05) is 25.5 Å². The minimum Gasteiger partial charge on any atom is -0.497 e. The predicted molar refractivity (Wildman–Crippen MR) is 141 cm³/mol. The molecule has 0 aliphatic rings. The Morgan fingerprint density at radius 3 is 2.30 bits per heavy atom. The van der Waals surface area contributed by atoms with E-state index in [2.05, 4.69) is 10.3 Å². The van der Waals surface area contributed by atoms with Crippen LogP contribution in [0.2, 0.25) is 0 Å². The monoisotopic (exact) mass is 500 g/mol. The van der Waals surface area contributed by atoms with Crippen LogP contribution in [0.1, 0.15) is 24.2 Å². The number of carbonyl (C=O) groups is 2. The highest BCUT2D eigenvalue weighted by molar-refractivity contribution is 5.99. The van der Waals surface area contributed by atoms with Gasteiger partial charge in [0.05, 0.1) is 12.8 Å². The molecule has 0 bridgehead atoms. The first-order valence-corrected chi connectivity index (χ1v) is 12.0. The molecule has 2 amide bonds. The van der Waals surface area contributed by atoms with E-state index in [4.69, 9.17) is 4.74 Å². The first-order valence-electron chi connectivity index (χ1n) is 12.0. The second-order valence-corrected chi connectivity index (χ2v) is 9.02. The Hall–Kier alpha value is -4.46. The standard InChI is InChI=1S/C29H29FN4O3/c1-20(2)17-33(28(36)22-9-15-25(37-3)16-10-22)19-27(35)32-29-31-26(21-7-5-4-6-8-21)18-34(29)24-13-11-23(30)12-14-24/h4-16,18,20H,17,19H2,1-3H3,(H,31,32,35). The molecule has 190 valence electrons. The lowest BCUT2D eigenvalue weighted by molar-refractivity contribution is -0.117. The summed E-state index contributed by atoms with van der Waals surface area (Å²) in [5.74, 6) is 0.0674. The fraction of sp³-hybridized carbons (Fsp3) is 0.207. The topological polar surface area (TPSA) is 76.5 Å². The number of amides is 2. The van der Waals surface area contributed by atoms with Crippen molar-refractivity contribution in [3.05, 3.63) is 96.4 Å². The minimum absolute atomic E-state index is 0.153. The van der Waals surface area contributed by atoms with Crippen molar-refractivity contribution < 1.29 is 18.7 Å². The Morgan fingerprint density at radius 1 is 1.00 bits per heavy atom. The van der Waals surface area contributed by atoms with E-state index in [1.807, 2.05) is 44.2 Å². The van der Waals surface area contributed by atoms with E-state index in [9.17, 15) is 14.0 Å². The van der Waals surface area contributed by atoms with E-state index in [1.165, 1.54) is 17.0 Å². The molecule has 4 rings (SSSR count). The second-order valence-electron chi connectivity index (χ2n) is 9.02. The molecule has 0 saturated carbocycles. The molecule has 0 aliphatic carbocycles. The summed E-state index contributed by atoms with van der Waals surface area (Å²) in [5.41, 5.74) is 2.62. The fourth-order valence-electron chi connectivity index (χ4n) is 3.93. The van der Waals surface area contributed by atoms with Crippen molar-refractivity contribution in [2.24, 2.45) is 5.92 Å². The molecule has 8 heteroatoms. The molecule has 1 aromatic heterocycles. The third-order valence-corrected chi connectivity index (χ3v) is 5.68. The van der Waals surface area contributed by atoms with Gasteiger partial charge in [-0.25, -0.2) is 9.37 Å². The predicted octanol–water partition coefficient (Wildman–Crippen LogP) is 5.42. The Bertz CT molecular complexity index is 1350. The van der Waals surface area contributed by atoms with Crippen LogP contribution in [0, 0.1) is 11.7 Å². The molecule has 4 aromatic rings. The van der Waals surface area contributed by atoms with Crippen molar-refractivity contribution in [1.29, 1.82) is 0 Å². The van der Waals surface area contributed by atoms with E-state index in [-0.39, 0.29) is 30.1 Å². The number of hydrogen-bond donors (Lipinski definition) is 1. The summed E-state index contributed by atoms with van der Waals surface area (Å²) in [4.78, 5) is 32.6. The Labute approximate surface area is 215 Å². The highest BCUT2D eigenvalue weighted by atomic mass is 19.1. The zero-order chi connectivity index (χ0) is 26.4. The van der Waals surface area contributed by atoms with Crippen LogP contribution in [0.25, 0.3) is 16.9 Å². The second kappa shape index (κ2) is 11.5. The van der Waals surface area contributed by atoms with Crippen LogP contribution in [0.4, 0.5) is 10.3 Å². The number of halogens is 1. The maximum absolute atomic E-state index is 13.5.